The number of rotatable bonds is 4. The molecule has 0 aliphatic carbocycles. The van der Waals surface area contributed by atoms with Gasteiger partial charge in [-0.25, -0.2) is 8.78 Å². The molecule has 1 aromatic rings. The first-order valence-electron chi connectivity index (χ1n) is 4.17. The fourth-order valence-electron chi connectivity index (χ4n) is 1.10. The Hall–Kier alpha value is -0.630. The highest BCUT2D eigenvalue weighted by Gasteiger charge is 2.05. The lowest BCUT2D eigenvalue weighted by atomic mass is 10.1. The molecule has 0 spiro atoms. The molecule has 1 aromatic carbocycles. The van der Waals surface area contributed by atoms with E-state index in [2.05, 4.69) is 0 Å². The van der Waals surface area contributed by atoms with Gasteiger partial charge in [-0.15, -0.1) is 11.6 Å². The largest absolute Gasteiger partial charge is 0.263 e. The lowest BCUT2D eigenvalue weighted by Gasteiger charge is -2.01. The van der Waals surface area contributed by atoms with Crippen molar-refractivity contribution >= 4 is 11.6 Å². The van der Waals surface area contributed by atoms with Gasteiger partial charge in [0.25, 0.3) is 6.43 Å². The molecular weight excluding hydrogens is 194 g/mol. The van der Waals surface area contributed by atoms with Gasteiger partial charge >= 0.3 is 0 Å². The average molecular weight is 205 g/mol. The van der Waals surface area contributed by atoms with Crippen LogP contribution in [0, 0.1) is 0 Å². The van der Waals surface area contributed by atoms with Crippen molar-refractivity contribution in [1.82, 2.24) is 0 Å². The fraction of sp³-hybridized carbons (Fsp3) is 0.400. The molecular formula is C10H11ClF2. The molecule has 0 unspecified atom stereocenters. The summed E-state index contributed by atoms with van der Waals surface area (Å²) in [6.45, 7) is 0. The summed E-state index contributed by atoms with van der Waals surface area (Å²) >= 11 is 5.51. The van der Waals surface area contributed by atoms with Crippen molar-refractivity contribution in [2.45, 2.75) is 19.3 Å². The highest BCUT2D eigenvalue weighted by atomic mass is 35.5. The summed E-state index contributed by atoms with van der Waals surface area (Å²) in [5.74, 6) is 0.608. The van der Waals surface area contributed by atoms with Crippen molar-refractivity contribution in [3.05, 3.63) is 35.4 Å². The maximum atomic E-state index is 12.1. The Bertz CT molecular complexity index is 244. The molecule has 0 N–H and O–H groups in total. The minimum Gasteiger partial charge on any atom is -0.205 e. The predicted octanol–water partition coefficient (Wildman–Crippen LogP) is 3.80. The topological polar surface area (TPSA) is 0 Å². The molecule has 0 saturated carbocycles. The van der Waals surface area contributed by atoms with E-state index in [1.807, 2.05) is 0 Å². The van der Waals surface area contributed by atoms with E-state index in [0.717, 1.165) is 18.4 Å². The van der Waals surface area contributed by atoms with Crippen LogP contribution in [0.2, 0.25) is 0 Å². The molecule has 0 heterocycles. The van der Waals surface area contributed by atoms with Crippen molar-refractivity contribution in [3.8, 4) is 0 Å². The molecule has 0 saturated heterocycles. The van der Waals surface area contributed by atoms with Gasteiger partial charge in [0, 0.05) is 11.4 Å². The van der Waals surface area contributed by atoms with Crippen LogP contribution in [0.3, 0.4) is 0 Å². The third-order valence-corrected chi connectivity index (χ3v) is 2.10. The molecule has 0 fully saturated rings. The van der Waals surface area contributed by atoms with Crippen LogP contribution in [0.4, 0.5) is 8.78 Å². The predicted molar refractivity (Wildman–Crippen MR) is 50.4 cm³/mol. The molecule has 0 bridgehead atoms. The molecule has 0 aromatic heterocycles. The zero-order valence-electron chi connectivity index (χ0n) is 7.14. The second-order valence-electron chi connectivity index (χ2n) is 2.83. The van der Waals surface area contributed by atoms with E-state index in [1.54, 1.807) is 12.1 Å². The lowest BCUT2D eigenvalue weighted by molar-refractivity contribution is 0.151. The van der Waals surface area contributed by atoms with Gasteiger partial charge in [0.2, 0.25) is 0 Å². The van der Waals surface area contributed by atoms with Crippen LogP contribution in [0.5, 0.6) is 0 Å². The number of aryl methyl sites for hydroxylation is 1. The molecule has 0 radical (unpaired) electrons. The molecule has 3 heteroatoms. The quantitative estimate of drug-likeness (QED) is 0.655. The number of benzene rings is 1. The minimum atomic E-state index is -2.37. The Labute approximate surface area is 81.5 Å². The summed E-state index contributed by atoms with van der Waals surface area (Å²) in [4.78, 5) is 0. The summed E-state index contributed by atoms with van der Waals surface area (Å²) < 4.78 is 24.3. The van der Waals surface area contributed by atoms with E-state index >= 15 is 0 Å². The SMILES string of the molecule is FC(F)c1ccc(CCCCl)cc1. The van der Waals surface area contributed by atoms with Gasteiger partial charge in [0.05, 0.1) is 0 Å². The number of hydrogen-bond acceptors (Lipinski definition) is 0. The van der Waals surface area contributed by atoms with Crippen LogP contribution in [0.25, 0.3) is 0 Å². The van der Waals surface area contributed by atoms with E-state index in [0.29, 0.717) is 5.88 Å². The molecule has 0 aliphatic rings. The molecule has 0 nitrogen and oxygen atoms in total. The van der Waals surface area contributed by atoms with E-state index in [4.69, 9.17) is 11.6 Å². The second-order valence-corrected chi connectivity index (χ2v) is 3.21. The van der Waals surface area contributed by atoms with Crippen molar-refractivity contribution in [2.24, 2.45) is 0 Å². The Morgan fingerprint density at radius 1 is 1.15 bits per heavy atom. The average Bonchev–Trinajstić information content (AvgIpc) is 2.15. The highest BCUT2D eigenvalue weighted by Crippen LogP contribution is 2.19. The van der Waals surface area contributed by atoms with Crippen molar-refractivity contribution in [3.63, 3.8) is 0 Å². The van der Waals surface area contributed by atoms with Crippen LogP contribution in [-0.4, -0.2) is 5.88 Å². The van der Waals surface area contributed by atoms with Crippen molar-refractivity contribution in [2.75, 3.05) is 5.88 Å². The third kappa shape index (κ3) is 3.31. The molecule has 1 rings (SSSR count). The standard InChI is InChI=1S/C10H11ClF2/c11-7-1-2-8-3-5-9(6-4-8)10(12)13/h3-6,10H,1-2,7H2. The van der Waals surface area contributed by atoms with Gasteiger partial charge in [-0.2, -0.15) is 0 Å². The van der Waals surface area contributed by atoms with Gasteiger partial charge in [-0.3, -0.25) is 0 Å². The highest BCUT2D eigenvalue weighted by molar-refractivity contribution is 6.17. The summed E-state index contributed by atoms with van der Waals surface area (Å²) in [5, 5.41) is 0. The van der Waals surface area contributed by atoms with Gasteiger partial charge in [0.1, 0.15) is 0 Å². The number of halogens is 3. The number of alkyl halides is 3. The maximum Gasteiger partial charge on any atom is 0.263 e. The Morgan fingerprint density at radius 3 is 2.23 bits per heavy atom. The molecule has 0 atom stereocenters. The molecule has 72 valence electrons. The van der Waals surface area contributed by atoms with Gasteiger partial charge in [-0.05, 0) is 18.4 Å². The molecule has 0 amide bonds. The molecule has 0 aliphatic heterocycles. The summed E-state index contributed by atoms with van der Waals surface area (Å²) in [5.41, 5.74) is 1.14. The first kappa shape index (κ1) is 10.5. The van der Waals surface area contributed by atoms with E-state index in [1.165, 1.54) is 12.1 Å². The first-order chi connectivity index (χ1) is 6.24. The lowest BCUT2D eigenvalue weighted by Crippen LogP contribution is -1.88. The zero-order valence-corrected chi connectivity index (χ0v) is 7.90. The Balaban J connectivity index is 2.59. The summed E-state index contributed by atoms with van der Waals surface area (Å²) in [7, 11) is 0. The van der Waals surface area contributed by atoms with E-state index in [-0.39, 0.29) is 5.56 Å². The van der Waals surface area contributed by atoms with Crippen molar-refractivity contribution in [1.29, 1.82) is 0 Å². The van der Waals surface area contributed by atoms with Crippen LogP contribution in [0.1, 0.15) is 24.0 Å². The van der Waals surface area contributed by atoms with E-state index < -0.39 is 6.43 Å². The third-order valence-electron chi connectivity index (χ3n) is 1.83. The van der Waals surface area contributed by atoms with E-state index in [9.17, 15) is 8.78 Å². The van der Waals surface area contributed by atoms with Gasteiger partial charge in [-0.1, -0.05) is 24.3 Å². The van der Waals surface area contributed by atoms with Crippen LogP contribution < -0.4 is 0 Å². The normalized spacial score (nSPS) is 10.8. The first-order valence-corrected chi connectivity index (χ1v) is 4.70. The Kier molecular flexibility index (Phi) is 4.16. The summed E-state index contributed by atoms with van der Waals surface area (Å²) in [6.07, 6.45) is -0.634. The smallest absolute Gasteiger partial charge is 0.205 e. The Morgan fingerprint density at radius 2 is 1.77 bits per heavy atom. The van der Waals surface area contributed by atoms with Crippen molar-refractivity contribution < 1.29 is 8.78 Å². The van der Waals surface area contributed by atoms with Crippen LogP contribution >= 0.6 is 11.6 Å². The zero-order chi connectivity index (χ0) is 9.68. The number of hydrogen-bond donors (Lipinski definition) is 0. The minimum absolute atomic E-state index is 0.0784. The second kappa shape index (κ2) is 5.18. The fourth-order valence-corrected chi connectivity index (χ4v) is 1.23. The monoisotopic (exact) mass is 204 g/mol. The summed E-state index contributed by atoms with van der Waals surface area (Å²) in [6, 6.07) is 6.39. The maximum absolute atomic E-state index is 12.1. The van der Waals surface area contributed by atoms with Gasteiger partial charge < -0.3 is 0 Å². The molecule has 13 heavy (non-hydrogen) atoms. The van der Waals surface area contributed by atoms with Gasteiger partial charge in [0.15, 0.2) is 0 Å². The van der Waals surface area contributed by atoms with Crippen LogP contribution in [0.15, 0.2) is 24.3 Å². The van der Waals surface area contributed by atoms with Crippen LogP contribution in [-0.2, 0) is 6.42 Å².